The van der Waals surface area contributed by atoms with Crippen LogP contribution in [0.3, 0.4) is 0 Å². The first-order valence-electron chi connectivity index (χ1n) is 7.91. The smallest absolute Gasteiger partial charge is 0.224 e. The summed E-state index contributed by atoms with van der Waals surface area (Å²) in [7, 11) is 0. The van der Waals surface area contributed by atoms with E-state index in [1.54, 1.807) is 12.3 Å². The average molecular weight is 350 g/mol. The predicted octanol–water partition coefficient (Wildman–Crippen LogP) is 2.85. The van der Waals surface area contributed by atoms with E-state index in [1.165, 1.54) is 12.1 Å². The van der Waals surface area contributed by atoms with Gasteiger partial charge in [-0.1, -0.05) is 18.2 Å². The largest absolute Gasteiger partial charge is 0.343 e. The minimum absolute atomic E-state index is 0. The third-order valence-corrected chi connectivity index (χ3v) is 4.16. The number of piperidine rings is 1. The Bertz CT molecular complexity index is 662. The maximum absolute atomic E-state index is 13.6. The second-order valence-electron chi connectivity index (χ2n) is 5.78. The zero-order valence-electron chi connectivity index (χ0n) is 13.2. The summed E-state index contributed by atoms with van der Waals surface area (Å²) in [6, 6.07) is 11.4. The van der Waals surface area contributed by atoms with Crippen molar-refractivity contribution in [3.63, 3.8) is 0 Å². The van der Waals surface area contributed by atoms with Crippen LogP contribution in [0, 0.1) is 11.7 Å². The molecule has 1 aliphatic rings. The van der Waals surface area contributed by atoms with Crippen LogP contribution in [-0.4, -0.2) is 24.0 Å². The van der Waals surface area contributed by atoms with Crippen LogP contribution in [0.15, 0.2) is 48.7 Å². The first-order chi connectivity index (χ1) is 11.2. The molecule has 1 amide bonds. The van der Waals surface area contributed by atoms with Crippen LogP contribution in [-0.2, 0) is 4.79 Å². The summed E-state index contributed by atoms with van der Waals surface area (Å²) in [6.45, 7) is 1.71. The third-order valence-electron chi connectivity index (χ3n) is 4.16. The summed E-state index contributed by atoms with van der Waals surface area (Å²) in [4.78, 5) is 16.9. The fraction of sp³-hybridized carbons (Fsp3) is 0.333. The minimum atomic E-state index is -0.436. The lowest BCUT2D eigenvalue weighted by Crippen LogP contribution is -2.40. The molecular formula is C18H21ClFN3O. The average Bonchev–Trinajstić information content (AvgIpc) is 2.61. The van der Waals surface area contributed by atoms with Crippen molar-refractivity contribution >= 4 is 18.3 Å². The maximum atomic E-state index is 13.6. The van der Waals surface area contributed by atoms with Gasteiger partial charge in [0.05, 0.1) is 11.7 Å². The molecule has 2 N–H and O–H groups in total. The fourth-order valence-corrected chi connectivity index (χ4v) is 2.91. The van der Waals surface area contributed by atoms with Crippen LogP contribution in [0.1, 0.15) is 30.1 Å². The molecule has 0 radical (unpaired) electrons. The Morgan fingerprint density at radius 2 is 2.00 bits per heavy atom. The van der Waals surface area contributed by atoms with Gasteiger partial charge in [-0.2, -0.15) is 0 Å². The van der Waals surface area contributed by atoms with Gasteiger partial charge in [-0.25, -0.2) is 4.39 Å². The van der Waals surface area contributed by atoms with Crippen LogP contribution >= 0.6 is 12.4 Å². The topological polar surface area (TPSA) is 54.0 Å². The highest BCUT2D eigenvalue weighted by Gasteiger charge is 2.25. The Morgan fingerprint density at radius 3 is 2.67 bits per heavy atom. The quantitative estimate of drug-likeness (QED) is 0.892. The molecule has 0 spiro atoms. The van der Waals surface area contributed by atoms with Gasteiger partial charge in [0.1, 0.15) is 5.82 Å². The molecule has 6 heteroatoms. The molecule has 0 bridgehead atoms. The SMILES string of the molecule is Cl.O=C(NC(c1cccc(F)c1)c1ccccn1)C1CCNCC1. The maximum Gasteiger partial charge on any atom is 0.224 e. The van der Waals surface area contributed by atoms with Gasteiger partial charge in [0.15, 0.2) is 0 Å². The van der Waals surface area contributed by atoms with E-state index in [1.807, 2.05) is 24.3 Å². The van der Waals surface area contributed by atoms with Crippen LogP contribution in [0.5, 0.6) is 0 Å². The normalized spacial score (nSPS) is 16.0. The van der Waals surface area contributed by atoms with Gasteiger partial charge in [-0.3, -0.25) is 9.78 Å². The number of carbonyl (C=O) groups is 1. The number of benzene rings is 1. The third kappa shape index (κ3) is 4.52. The number of halogens is 2. The van der Waals surface area contributed by atoms with Crippen LogP contribution in [0.25, 0.3) is 0 Å². The van der Waals surface area contributed by atoms with Crippen molar-refractivity contribution in [1.82, 2.24) is 15.6 Å². The van der Waals surface area contributed by atoms with Crippen LogP contribution in [0.2, 0.25) is 0 Å². The molecule has 24 heavy (non-hydrogen) atoms. The van der Waals surface area contributed by atoms with E-state index in [9.17, 15) is 9.18 Å². The highest BCUT2D eigenvalue weighted by Crippen LogP contribution is 2.23. The summed E-state index contributed by atoms with van der Waals surface area (Å²) in [6.07, 6.45) is 3.33. The van der Waals surface area contributed by atoms with Crippen molar-refractivity contribution in [2.24, 2.45) is 5.92 Å². The van der Waals surface area contributed by atoms with Crippen molar-refractivity contribution in [3.05, 3.63) is 65.7 Å². The van der Waals surface area contributed by atoms with E-state index >= 15 is 0 Å². The summed E-state index contributed by atoms with van der Waals surface area (Å²) < 4.78 is 13.6. The van der Waals surface area contributed by atoms with Crippen molar-refractivity contribution < 1.29 is 9.18 Å². The van der Waals surface area contributed by atoms with Crippen LogP contribution < -0.4 is 10.6 Å². The molecular weight excluding hydrogens is 329 g/mol. The molecule has 1 aliphatic heterocycles. The van der Waals surface area contributed by atoms with Gasteiger partial charge in [0.2, 0.25) is 5.91 Å². The zero-order chi connectivity index (χ0) is 16.1. The van der Waals surface area contributed by atoms with E-state index in [-0.39, 0.29) is 30.0 Å². The standard InChI is InChI=1S/C18H20FN3O.ClH/c19-15-5-3-4-14(12-15)17(16-6-1-2-9-21-16)22-18(23)13-7-10-20-11-8-13;/h1-6,9,12-13,17,20H,7-8,10-11H2,(H,22,23);1H. The van der Waals surface area contributed by atoms with Crippen molar-refractivity contribution in [2.75, 3.05) is 13.1 Å². The number of hydrogen-bond donors (Lipinski definition) is 2. The van der Waals surface area contributed by atoms with Gasteiger partial charge in [0, 0.05) is 12.1 Å². The molecule has 1 unspecified atom stereocenters. The molecule has 0 aliphatic carbocycles. The highest BCUT2D eigenvalue weighted by molar-refractivity contribution is 5.85. The molecule has 1 saturated heterocycles. The van der Waals surface area contributed by atoms with E-state index in [2.05, 4.69) is 15.6 Å². The lowest BCUT2D eigenvalue weighted by Gasteiger charge is -2.25. The molecule has 0 saturated carbocycles. The molecule has 4 nitrogen and oxygen atoms in total. The molecule has 1 aromatic carbocycles. The first-order valence-corrected chi connectivity index (χ1v) is 7.91. The number of aromatic nitrogens is 1. The summed E-state index contributed by atoms with van der Waals surface area (Å²) in [5.74, 6) is -0.318. The van der Waals surface area contributed by atoms with Crippen molar-refractivity contribution in [2.45, 2.75) is 18.9 Å². The lowest BCUT2D eigenvalue weighted by molar-refractivity contribution is -0.126. The van der Waals surface area contributed by atoms with Gasteiger partial charge < -0.3 is 10.6 Å². The summed E-state index contributed by atoms with van der Waals surface area (Å²) in [5.41, 5.74) is 1.41. The fourth-order valence-electron chi connectivity index (χ4n) is 2.91. The van der Waals surface area contributed by atoms with Gasteiger partial charge in [-0.15, -0.1) is 12.4 Å². The van der Waals surface area contributed by atoms with Crippen LogP contribution in [0.4, 0.5) is 4.39 Å². The summed E-state index contributed by atoms with van der Waals surface area (Å²) >= 11 is 0. The Hall–Kier alpha value is -1.98. The first kappa shape index (κ1) is 18.4. The number of amides is 1. The monoisotopic (exact) mass is 349 g/mol. The Kier molecular flexibility index (Phi) is 6.70. The molecule has 1 atom stereocenters. The van der Waals surface area contributed by atoms with E-state index in [0.29, 0.717) is 11.3 Å². The number of nitrogens with one attached hydrogen (secondary N) is 2. The molecule has 2 heterocycles. The minimum Gasteiger partial charge on any atom is -0.343 e. The Labute approximate surface area is 147 Å². The van der Waals surface area contributed by atoms with Crippen molar-refractivity contribution in [3.8, 4) is 0 Å². The zero-order valence-corrected chi connectivity index (χ0v) is 14.1. The number of hydrogen-bond acceptors (Lipinski definition) is 3. The van der Waals surface area contributed by atoms with Gasteiger partial charge >= 0.3 is 0 Å². The molecule has 2 aromatic rings. The van der Waals surface area contributed by atoms with Crippen molar-refractivity contribution in [1.29, 1.82) is 0 Å². The number of nitrogens with zero attached hydrogens (tertiary/aromatic N) is 1. The molecule has 3 rings (SSSR count). The lowest BCUT2D eigenvalue weighted by atomic mass is 9.95. The summed E-state index contributed by atoms with van der Waals surface area (Å²) in [5, 5.41) is 6.30. The molecule has 1 aromatic heterocycles. The van der Waals surface area contributed by atoms with Gasteiger partial charge in [-0.05, 0) is 55.8 Å². The number of pyridine rings is 1. The van der Waals surface area contributed by atoms with E-state index in [4.69, 9.17) is 0 Å². The number of carbonyl (C=O) groups excluding carboxylic acids is 1. The molecule has 1 fully saturated rings. The second-order valence-corrected chi connectivity index (χ2v) is 5.78. The van der Waals surface area contributed by atoms with Gasteiger partial charge in [0.25, 0.3) is 0 Å². The Morgan fingerprint density at radius 1 is 1.21 bits per heavy atom. The number of rotatable bonds is 4. The molecule has 128 valence electrons. The predicted molar refractivity (Wildman–Crippen MR) is 93.5 cm³/mol. The van der Waals surface area contributed by atoms with E-state index in [0.717, 1.165) is 25.9 Å². The second kappa shape index (κ2) is 8.76. The highest BCUT2D eigenvalue weighted by atomic mass is 35.5. The van der Waals surface area contributed by atoms with E-state index < -0.39 is 6.04 Å². The Balaban J connectivity index is 0.00000208.